The lowest BCUT2D eigenvalue weighted by atomic mass is 9.71. The minimum absolute atomic E-state index is 0.130. The molecule has 2 heteroatoms. The SMILES string of the molecule is CCC(C)(CC)[C@@H]1CNC[C@H]1O. The van der Waals surface area contributed by atoms with Crippen molar-refractivity contribution in [2.24, 2.45) is 11.3 Å². The first kappa shape index (κ1) is 10.0. The van der Waals surface area contributed by atoms with Crippen molar-refractivity contribution >= 4 is 0 Å². The summed E-state index contributed by atoms with van der Waals surface area (Å²) in [6, 6.07) is 0. The van der Waals surface area contributed by atoms with Gasteiger partial charge in [-0.2, -0.15) is 0 Å². The Kier molecular flexibility index (Phi) is 3.13. The summed E-state index contributed by atoms with van der Waals surface area (Å²) in [7, 11) is 0. The molecule has 0 spiro atoms. The first-order valence-corrected chi connectivity index (χ1v) is 5.03. The van der Waals surface area contributed by atoms with Gasteiger partial charge in [0, 0.05) is 19.0 Å². The van der Waals surface area contributed by atoms with Gasteiger partial charge in [-0.15, -0.1) is 0 Å². The number of nitrogens with one attached hydrogen (secondary N) is 1. The molecule has 0 amide bonds. The second-order valence-electron chi connectivity index (χ2n) is 4.19. The van der Waals surface area contributed by atoms with Gasteiger partial charge in [0.2, 0.25) is 0 Å². The van der Waals surface area contributed by atoms with Crippen LogP contribution < -0.4 is 5.32 Å². The second-order valence-corrected chi connectivity index (χ2v) is 4.19. The van der Waals surface area contributed by atoms with Gasteiger partial charge in [0.25, 0.3) is 0 Å². The Hall–Kier alpha value is -0.0800. The minimum atomic E-state index is -0.130. The van der Waals surface area contributed by atoms with Crippen LogP contribution in [0.15, 0.2) is 0 Å². The fraction of sp³-hybridized carbons (Fsp3) is 1.00. The predicted molar refractivity (Wildman–Crippen MR) is 51.1 cm³/mol. The van der Waals surface area contributed by atoms with Crippen molar-refractivity contribution in [3.05, 3.63) is 0 Å². The standard InChI is InChI=1S/C10H21NO/c1-4-10(3,5-2)8-6-11-7-9(8)12/h8-9,11-12H,4-7H2,1-3H3/t8-,9-/m1/s1. The molecule has 0 bridgehead atoms. The zero-order valence-corrected chi connectivity index (χ0v) is 8.43. The third-order valence-corrected chi connectivity index (χ3v) is 3.69. The number of aliphatic hydroxyl groups is 1. The highest BCUT2D eigenvalue weighted by Crippen LogP contribution is 2.37. The van der Waals surface area contributed by atoms with Crippen molar-refractivity contribution in [2.75, 3.05) is 13.1 Å². The Morgan fingerprint density at radius 1 is 1.33 bits per heavy atom. The van der Waals surface area contributed by atoms with Crippen LogP contribution in [0.3, 0.4) is 0 Å². The van der Waals surface area contributed by atoms with Crippen LogP contribution in [0.4, 0.5) is 0 Å². The summed E-state index contributed by atoms with van der Waals surface area (Å²) in [5.41, 5.74) is 0.322. The third-order valence-electron chi connectivity index (χ3n) is 3.69. The molecule has 2 atom stereocenters. The average molecular weight is 171 g/mol. The molecule has 72 valence electrons. The van der Waals surface area contributed by atoms with E-state index in [1.54, 1.807) is 0 Å². The largest absolute Gasteiger partial charge is 0.391 e. The molecular weight excluding hydrogens is 150 g/mol. The maximum Gasteiger partial charge on any atom is 0.0710 e. The molecule has 0 aliphatic carbocycles. The molecule has 0 unspecified atom stereocenters. The maximum atomic E-state index is 9.72. The molecule has 2 N–H and O–H groups in total. The lowest BCUT2D eigenvalue weighted by molar-refractivity contribution is 0.0564. The number of hydrogen-bond acceptors (Lipinski definition) is 2. The van der Waals surface area contributed by atoms with Crippen LogP contribution in [0, 0.1) is 11.3 Å². The first-order valence-electron chi connectivity index (χ1n) is 5.03. The van der Waals surface area contributed by atoms with Crippen molar-refractivity contribution in [2.45, 2.75) is 39.7 Å². The molecule has 12 heavy (non-hydrogen) atoms. The van der Waals surface area contributed by atoms with Crippen LogP contribution in [-0.4, -0.2) is 24.3 Å². The summed E-state index contributed by atoms with van der Waals surface area (Å²) in [5, 5.41) is 13.0. The molecule has 1 aliphatic heterocycles. The average Bonchev–Trinajstić information content (AvgIpc) is 2.51. The quantitative estimate of drug-likeness (QED) is 0.672. The summed E-state index contributed by atoms with van der Waals surface area (Å²) >= 11 is 0. The van der Waals surface area contributed by atoms with Crippen molar-refractivity contribution < 1.29 is 5.11 Å². The number of hydrogen-bond donors (Lipinski definition) is 2. The van der Waals surface area contributed by atoms with E-state index in [0.717, 1.165) is 25.9 Å². The Labute approximate surface area is 75.4 Å². The van der Waals surface area contributed by atoms with Gasteiger partial charge in [-0.3, -0.25) is 0 Å². The molecule has 2 nitrogen and oxygen atoms in total. The molecule has 1 saturated heterocycles. The highest BCUT2D eigenvalue weighted by atomic mass is 16.3. The van der Waals surface area contributed by atoms with E-state index in [0.29, 0.717) is 11.3 Å². The topological polar surface area (TPSA) is 32.3 Å². The van der Waals surface area contributed by atoms with Gasteiger partial charge in [-0.05, 0) is 5.41 Å². The molecule has 0 aromatic heterocycles. The van der Waals surface area contributed by atoms with Gasteiger partial charge < -0.3 is 10.4 Å². The molecule has 0 radical (unpaired) electrons. The number of rotatable bonds is 3. The minimum Gasteiger partial charge on any atom is -0.391 e. The molecule has 0 aromatic rings. The van der Waals surface area contributed by atoms with E-state index in [1.807, 2.05) is 0 Å². The molecule has 0 aromatic carbocycles. The van der Waals surface area contributed by atoms with E-state index in [2.05, 4.69) is 26.1 Å². The van der Waals surface area contributed by atoms with Gasteiger partial charge in [-0.1, -0.05) is 33.6 Å². The maximum absolute atomic E-state index is 9.72. The monoisotopic (exact) mass is 171 g/mol. The highest BCUT2D eigenvalue weighted by molar-refractivity contribution is 4.91. The fourth-order valence-electron chi connectivity index (χ4n) is 2.15. The zero-order chi connectivity index (χ0) is 9.19. The second kappa shape index (κ2) is 3.75. The van der Waals surface area contributed by atoms with E-state index in [9.17, 15) is 5.11 Å². The Balaban J connectivity index is 2.64. The van der Waals surface area contributed by atoms with Crippen LogP contribution in [0.2, 0.25) is 0 Å². The summed E-state index contributed by atoms with van der Waals surface area (Å²) in [6.45, 7) is 8.48. The summed E-state index contributed by atoms with van der Waals surface area (Å²) in [5.74, 6) is 0.451. The number of aliphatic hydroxyl groups excluding tert-OH is 1. The van der Waals surface area contributed by atoms with E-state index in [4.69, 9.17) is 0 Å². The first-order chi connectivity index (χ1) is 5.64. The summed E-state index contributed by atoms with van der Waals surface area (Å²) < 4.78 is 0. The molecule has 1 rings (SSSR count). The lowest BCUT2D eigenvalue weighted by Gasteiger charge is -2.35. The summed E-state index contributed by atoms with van der Waals surface area (Å²) in [4.78, 5) is 0. The van der Waals surface area contributed by atoms with Crippen molar-refractivity contribution in [1.82, 2.24) is 5.32 Å². The van der Waals surface area contributed by atoms with Gasteiger partial charge in [0.1, 0.15) is 0 Å². The number of β-amino-alcohol motifs (C(OH)–C–C–N with tert-alkyl or cyclic N) is 1. The van der Waals surface area contributed by atoms with Gasteiger partial charge in [0.05, 0.1) is 6.10 Å². The van der Waals surface area contributed by atoms with Crippen LogP contribution in [0.25, 0.3) is 0 Å². The normalized spacial score (nSPS) is 31.0. The van der Waals surface area contributed by atoms with E-state index in [-0.39, 0.29) is 6.10 Å². The van der Waals surface area contributed by atoms with E-state index in [1.165, 1.54) is 0 Å². The smallest absolute Gasteiger partial charge is 0.0710 e. The summed E-state index contributed by atoms with van der Waals surface area (Å²) in [6.07, 6.45) is 2.19. The molecule has 1 heterocycles. The zero-order valence-electron chi connectivity index (χ0n) is 8.43. The third kappa shape index (κ3) is 1.64. The van der Waals surface area contributed by atoms with E-state index < -0.39 is 0 Å². The highest BCUT2D eigenvalue weighted by Gasteiger charge is 2.38. The van der Waals surface area contributed by atoms with Crippen LogP contribution in [-0.2, 0) is 0 Å². The molecule has 0 saturated carbocycles. The van der Waals surface area contributed by atoms with Gasteiger partial charge in [0.15, 0.2) is 0 Å². The van der Waals surface area contributed by atoms with Gasteiger partial charge in [-0.25, -0.2) is 0 Å². The lowest BCUT2D eigenvalue weighted by Crippen LogP contribution is -2.34. The Bertz CT molecular complexity index is 143. The Morgan fingerprint density at radius 3 is 2.25 bits per heavy atom. The van der Waals surface area contributed by atoms with Crippen molar-refractivity contribution in [3.8, 4) is 0 Å². The van der Waals surface area contributed by atoms with Crippen LogP contribution in [0.5, 0.6) is 0 Å². The van der Waals surface area contributed by atoms with Crippen molar-refractivity contribution in [3.63, 3.8) is 0 Å². The van der Waals surface area contributed by atoms with Crippen LogP contribution in [0.1, 0.15) is 33.6 Å². The van der Waals surface area contributed by atoms with Gasteiger partial charge >= 0.3 is 0 Å². The molecular formula is C10H21NO. The Morgan fingerprint density at radius 2 is 1.92 bits per heavy atom. The van der Waals surface area contributed by atoms with E-state index >= 15 is 0 Å². The van der Waals surface area contributed by atoms with Crippen LogP contribution >= 0.6 is 0 Å². The molecule has 1 fully saturated rings. The van der Waals surface area contributed by atoms with Crippen molar-refractivity contribution in [1.29, 1.82) is 0 Å². The fourth-order valence-corrected chi connectivity index (χ4v) is 2.15. The molecule has 1 aliphatic rings. The predicted octanol–water partition coefficient (Wildman–Crippen LogP) is 1.39.